The molecular formula is C26H26FN5O2. The zero-order valence-electron chi connectivity index (χ0n) is 18.7. The summed E-state index contributed by atoms with van der Waals surface area (Å²) in [7, 11) is 0. The Balaban J connectivity index is 1.48. The quantitative estimate of drug-likeness (QED) is 0.645. The number of halogens is 1. The van der Waals surface area contributed by atoms with Crippen LogP contribution in [0.15, 0.2) is 61.2 Å². The number of fused-ring (bicyclic) bond motifs is 1. The lowest BCUT2D eigenvalue weighted by Gasteiger charge is -2.33. The Morgan fingerprint density at radius 2 is 1.94 bits per heavy atom. The number of hydrogen-bond acceptors (Lipinski definition) is 5. The standard InChI is InChI=1S/C26H26FN5O2/c27-19-6-3-5-17(11-19)12-20-13-23-24(9-1-2-10-25(33)31-23)32(20)26(34)22-8-4-7-21(30-22)18-14-28-16-29-15-18/h3-8,11,14-16,20,23-24H,1-2,9-10,12-13H2,(H,31,33)/t20-,23+,24-/m1/s1. The Hall–Kier alpha value is -3.68. The Kier molecular flexibility index (Phi) is 6.29. The Bertz CT molecular complexity index is 1190. The van der Waals surface area contributed by atoms with Gasteiger partial charge >= 0.3 is 0 Å². The van der Waals surface area contributed by atoms with E-state index in [4.69, 9.17) is 0 Å². The third-order valence-corrected chi connectivity index (χ3v) is 6.66. The molecule has 4 heterocycles. The van der Waals surface area contributed by atoms with Gasteiger partial charge in [0.1, 0.15) is 17.8 Å². The summed E-state index contributed by atoms with van der Waals surface area (Å²) in [4.78, 5) is 40.8. The molecule has 0 saturated carbocycles. The number of aromatic nitrogens is 3. The summed E-state index contributed by atoms with van der Waals surface area (Å²) >= 11 is 0. The van der Waals surface area contributed by atoms with Crippen LogP contribution < -0.4 is 5.32 Å². The van der Waals surface area contributed by atoms with Crippen molar-refractivity contribution in [3.63, 3.8) is 0 Å². The van der Waals surface area contributed by atoms with E-state index < -0.39 is 0 Å². The van der Waals surface area contributed by atoms with Crippen LogP contribution in [0, 0.1) is 5.82 Å². The smallest absolute Gasteiger partial charge is 0.273 e. The van der Waals surface area contributed by atoms with E-state index in [0.29, 0.717) is 30.7 Å². The van der Waals surface area contributed by atoms with Gasteiger partial charge in [-0.15, -0.1) is 0 Å². The summed E-state index contributed by atoms with van der Waals surface area (Å²) in [6, 6.07) is 11.4. The average Bonchev–Trinajstić information content (AvgIpc) is 3.16. The van der Waals surface area contributed by atoms with Crippen LogP contribution in [0.1, 0.15) is 48.2 Å². The topological polar surface area (TPSA) is 88.1 Å². The highest BCUT2D eigenvalue weighted by Crippen LogP contribution is 2.33. The monoisotopic (exact) mass is 459 g/mol. The molecule has 5 rings (SSSR count). The minimum atomic E-state index is -0.299. The van der Waals surface area contributed by atoms with Crippen LogP contribution in [0.4, 0.5) is 4.39 Å². The van der Waals surface area contributed by atoms with Crippen molar-refractivity contribution in [2.24, 2.45) is 0 Å². The maximum absolute atomic E-state index is 13.9. The predicted octanol–water partition coefficient (Wildman–Crippen LogP) is 3.56. The van der Waals surface area contributed by atoms with Crippen molar-refractivity contribution in [1.29, 1.82) is 0 Å². The van der Waals surface area contributed by atoms with E-state index in [1.54, 1.807) is 30.6 Å². The van der Waals surface area contributed by atoms with Crippen molar-refractivity contribution in [2.45, 2.75) is 56.7 Å². The number of pyridine rings is 1. The maximum Gasteiger partial charge on any atom is 0.273 e. The number of amides is 2. The molecule has 0 aliphatic carbocycles. The van der Waals surface area contributed by atoms with Crippen LogP contribution in [-0.4, -0.2) is 49.8 Å². The highest BCUT2D eigenvalue weighted by molar-refractivity contribution is 5.93. The Morgan fingerprint density at radius 3 is 2.76 bits per heavy atom. The van der Waals surface area contributed by atoms with E-state index in [2.05, 4.69) is 20.3 Å². The van der Waals surface area contributed by atoms with Crippen molar-refractivity contribution in [3.8, 4) is 11.3 Å². The number of carbonyl (C=O) groups excluding carboxylic acids is 2. The zero-order valence-corrected chi connectivity index (χ0v) is 18.7. The van der Waals surface area contributed by atoms with Crippen LogP contribution >= 0.6 is 0 Å². The number of benzene rings is 1. The lowest BCUT2D eigenvalue weighted by molar-refractivity contribution is -0.122. The first-order valence-corrected chi connectivity index (χ1v) is 11.7. The van der Waals surface area contributed by atoms with E-state index in [9.17, 15) is 14.0 Å². The van der Waals surface area contributed by atoms with Gasteiger partial charge < -0.3 is 10.2 Å². The fourth-order valence-corrected chi connectivity index (χ4v) is 5.15. The molecule has 2 aliphatic rings. The molecule has 0 spiro atoms. The second-order valence-corrected chi connectivity index (χ2v) is 8.96. The third kappa shape index (κ3) is 4.66. The molecule has 34 heavy (non-hydrogen) atoms. The molecule has 8 heteroatoms. The molecule has 2 amide bonds. The van der Waals surface area contributed by atoms with E-state index in [-0.39, 0.29) is 35.8 Å². The molecule has 0 unspecified atom stereocenters. The summed E-state index contributed by atoms with van der Waals surface area (Å²) in [5.74, 6) is -0.452. The van der Waals surface area contributed by atoms with Gasteiger partial charge in [0, 0.05) is 30.4 Å². The molecular weight excluding hydrogens is 433 g/mol. The normalized spacial score (nSPS) is 22.4. The van der Waals surface area contributed by atoms with Crippen LogP contribution in [0.25, 0.3) is 11.3 Å². The number of carbonyl (C=O) groups is 2. The van der Waals surface area contributed by atoms with Gasteiger partial charge in [-0.3, -0.25) is 9.59 Å². The number of likely N-dealkylation sites (tertiary alicyclic amines) is 1. The first-order valence-electron chi connectivity index (χ1n) is 11.7. The Morgan fingerprint density at radius 1 is 1.12 bits per heavy atom. The molecule has 174 valence electrons. The second kappa shape index (κ2) is 9.67. The minimum absolute atomic E-state index is 0.0257. The van der Waals surface area contributed by atoms with Gasteiger partial charge in [0.15, 0.2) is 0 Å². The first kappa shape index (κ1) is 22.1. The molecule has 0 bridgehead atoms. The molecule has 3 aromatic rings. The summed E-state index contributed by atoms with van der Waals surface area (Å²) in [5, 5.41) is 3.14. The van der Waals surface area contributed by atoms with Gasteiger partial charge in [-0.05, 0) is 55.5 Å². The van der Waals surface area contributed by atoms with Gasteiger partial charge in [-0.25, -0.2) is 19.3 Å². The molecule has 1 aromatic carbocycles. The molecule has 2 aromatic heterocycles. The fraction of sp³-hybridized carbons (Fsp3) is 0.346. The second-order valence-electron chi connectivity index (χ2n) is 8.96. The van der Waals surface area contributed by atoms with Crippen LogP contribution in [0.5, 0.6) is 0 Å². The summed E-state index contributed by atoms with van der Waals surface area (Å²) in [6.07, 6.45) is 8.90. The van der Waals surface area contributed by atoms with Gasteiger partial charge in [0.05, 0.1) is 17.8 Å². The molecule has 7 nitrogen and oxygen atoms in total. The van der Waals surface area contributed by atoms with Crippen molar-refractivity contribution < 1.29 is 14.0 Å². The Labute approximate surface area is 197 Å². The fourth-order valence-electron chi connectivity index (χ4n) is 5.15. The van der Waals surface area contributed by atoms with E-state index >= 15 is 0 Å². The highest BCUT2D eigenvalue weighted by Gasteiger charge is 2.45. The maximum atomic E-state index is 13.9. The molecule has 2 saturated heterocycles. The number of nitrogens with zero attached hydrogens (tertiary/aromatic N) is 4. The van der Waals surface area contributed by atoms with Crippen LogP contribution in [-0.2, 0) is 11.2 Å². The predicted molar refractivity (Wildman–Crippen MR) is 124 cm³/mol. The van der Waals surface area contributed by atoms with Crippen LogP contribution in [0.2, 0.25) is 0 Å². The van der Waals surface area contributed by atoms with Crippen molar-refractivity contribution in [2.75, 3.05) is 0 Å². The average molecular weight is 460 g/mol. The highest BCUT2D eigenvalue weighted by atomic mass is 19.1. The van der Waals surface area contributed by atoms with Gasteiger partial charge in [-0.1, -0.05) is 24.6 Å². The van der Waals surface area contributed by atoms with Crippen LogP contribution in [0.3, 0.4) is 0 Å². The lowest BCUT2D eigenvalue weighted by Crippen LogP contribution is -2.49. The van der Waals surface area contributed by atoms with E-state index in [0.717, 1.165) is 30.4 Å². The van der Waals surface area contributed by atoms with Gasteiger partial charge in [-0.2, -0.15) is 0 Å². The molecule has 2 fully saturated rings. The van der Waals surface area contributed by atoms with E-state index in [1.165, 1.54) is 18.5 Å². The number of nitrogens with one attached hydrogen (secondary N) is 1. The summed E-state index contributed by atoms with van der Waals surface area (Å²) in [6.45, 7) is 0. The molecule has 3 atom stereocenters. The van der Waals surface area contributed by atoms with Gasteiger partial charge in [0.25, 0.3) is 5.91 Å². The lowest BCUT2D eigenvalue weighted by atomic mass is 9.97. The summed E-state index contributed by atoms with van der Waals surface area (Å²) < 4.78 is 13.9. The third-order valence-electron chi connectivity index (χ3n) is 6.66. The zero-order chi connectivity index (χ0) is 23.5. The number of rotatable bonds is 4. The SMILES string of the molecule is O=C1CCCC[C@@H]2[C@H](C[C@@H](Cc3cccc(F)c3)N2C(=O)c2cccc(-c3cncnc3)n2)N1. The first-order chi connectivity index (χ1) is 16.6. The summed E-state index contributed by atoms with van der Waals surface area (Å²) in [5.41, 5.74) is 2.51. The number of hydrogen-bond donors (Lipinski definition) is 1. The minimum Gasteiger partial charge on any atom is -0.351 e. The van der Waals surface area contributed by atoms with Crippen molar-refractivity contribution in [3.05, 3.63) is 78.3 Å². The van der Waals surface area contributed by atoms with Crippen molar-refractivity contribution >= 4 is 11.8 Å². The largest absolute Gasteiger partial charge is 0.351 e. The van der Waals surface area contributed by atoms with Crippen molar-refractivity contribution in [1.82, 2.24) is 25.2 Å². The van der Waals surface area contributed by atoms with E-state index in [1.807, 2.05) is 17.0 Å². The molecule has 1 N–H and O–H groups in total. The molecule has 2 aliphatic heterocycles. The van der Waals surface area contributed by atoms with Gasteiger partial charge in [0.2, 0.25) is 5.91 Å². The molecule has 0 radical (unpaired) electrons.